The van der Waals surface area contributed by atoms with Gasteiger partial charge in [-0.2, -0.15) is 0 Å². The quantitative estimate of drug-likeness (QED) is 0.515. The van der Waals surface area contributed by atoms with E-state index in [0.717, 1.165) is 39.4 Å². The molecule has 5 aromatic rings. The van der Waals surface area contributed by atoms with Crippen molar-refractivity contribution in [3.8, 4) is 5.69 Å². The summed E-state index contributed by atoms with van der Waals surface area (Å²) in [4.78, 5) is 25.2. The third-order valence-corrected chi connectivity index (χ3v) is 4.78. The summed E-state index contributed by atoms with van der Waals surface area (Å²) in [5, 5.41) is 0. The number of hydrogen-bond acceptors (Lipinski definition) is 3. The van der Waals surface area contributed by atoms with E-state index >= 15 is 0 Å². The Morgan fingerprint density at radius 3 is 2.33 bits per heavy atom. The summed E-state index contributed by atoms with van der Waals surface area (Å²) in [6, 6.07) is 23.5. The Kier molecular flexibility index (Phi) is 3.36. The molecule has 2 N–H and O–H groups in total. The Morgan fingerprint density at radius 1 is 0.852 bits per heavy atom. The molecule has 5 rings (SSSR count). The van der Waals surface area contributed by atoms with Crippen molar-refractivity contribution in [2.24, 2.45) is 0 Å². The van der Waals surface area contributed by atoms with Gasteiger partial charge in [0.05, 0.1) is 27.8 Å². The van der Waals surface area contributed by atoms with Gasteiger partial charge in [-0.15, -0.1) is 0 Å². The third-order valence-electron chi connectivity index (χ3n) is 4.78. The average molecular weight is 355 g/mol. The normalized spacial score (nSPS) is 11.3. The molecule has 3 aromatic carbocycles. The van der Waals surface area contributed by atoms with Crippen molar-refractivity contribution in [2.75, 3.05) is 11.9 Å². The highest BCUT2D eigenvalue weighted by Crippen LogP contribution is 2.25. The molecule has 0 radical (unpaired) electrons. The zero-order chi connectivity index (χ0) is 18.4. The number of nitrogens with zero attached hydrogens (tertiary/aromatic N) is 3. The summed E-state index contributed by atoms with van der Waals surface area (Å²) >= 11 is 0. The number of imidazole rings is 2. The van der Waals surface area contributed by atoms with E-state index in [1.807, 2.05) is 84.7 Å². The van der Waals surface area contributed by atoms with Crippen molar-refractivity contribution in [1.29, 1.82) is 0 Å². The number of benzene rings is 3. The van der Waals surface area contributed by atoms with Crippen molar-refractivity contribution in [1.82, 2.24) is 19.5 Å². The molecule has 0 amide bonds. The van der Waals surface area contributed by atoms with Crippen LogP contribution in [0.25, 0.3) is 27.8 Å². The first-order chi connectivity index (χ1) is 13.2. The molecule has 0 aliphatic carbocycles. The minimum Gasteiger partial charge on any atom is -0.324 e. The molecule has 6 nitrogen and oxygen atoms in total. The van der Waals surface area contributed by atoms with Crippen molar-refractivity contribution in [2.45, 2.75) is 0 Å². The molecular weight excluding hydrogens is 338 g/mol. The number of H-pyrrole nitrogens is 2. The second kappa shape index (κ2) is 5.88. The lowest BCUT2D eigenvalue weighted by Crippen LogP contribution is -2.15. The zero-order valence-corrected chi connectivity index (χ0v) is 14.7. The summed E-state index contributed by atoms with van der Waals surface area (Å²) in [7, 11) is 1.96. The number of rotatable bonds is 3. The zero-order valence-electron chi connectivity index (χ0n) is 14.7. The Labute approximate surface area is 154 Å². The van der Waals surface area contributed by atoms with Gasteiger partial charge in [-0.1, -0.05) is 24.3 Å². The summed E-state index contributed by atoms with van der Waals surface area (Å²) in [6.45, 7) is 0. The fraction of sp³-hybridized carbons (Fsp3) is 0.0476. The highest BCUT2D eigenvalue weighted by molar-refractivity contribution is 5.79. The highest BCUT2D eigenvalue weighted by Gasteiger charge is 2.11. The van der Waals surface area contributed by atoms with Gasteiger partial charge in [-0.25, -0.2) is 9.78 Å². The van der Waals surface area contributed by atoms with Gasteiger partial charge in [-0.3, -0.25) is 4.57 Å². The number of fused-ring (bicyclic) bond motifs is 2. The molecule has 0 saturated carbocycles. The molecule has 6 heteroatoms. The van der Waals surface area contributed by atoms with E-state index in [1.54, 1.807) is 4.57 Å². The second-order valence-electron chi connectivity index (χ2n) is 6.44. The van der Waals surface area contributed by atoms with Gasteiger partial charge in [0.25, 0.3) is 0 Å². The molecular formula is C21H17N5O. The molecule has 27 heavy (non-hydrogen) atoms. The van der Waals surface area contributed by atoms with Gasteiger partial charge in [0.1, 0.15) is 0 Å². The molecule has 0 unspecified atom stereocenters. The number of aromatic amines is 2. The minimum absolute atomic E-state index is 0.144. The van der Waals surface area contributed by atoms with Gasteiger partial charge < -0.3 is 14.9 Å². The van der Waals surface area contributed by atoms with E-state index in [1.165, 1.54) is 0 Å². The van der Waals surface area contributed by atoms with Crippen LogP contribution < -0.4 is 10.6 Å². The minimum atomic E-state index is -0.144. The third kappa shape index (κ3) is 2.50. The predicted molar refractivity (Wildman–Crippen MR) is 108 cm³/mol. The maximum atomic E-state index is 12.4. The Hall–Kier alpha value is -3.80. The first-order valence-electron chi connectivity index (χ1n) is 8.69. The van der Waals surface area contributed by atoms with Gasteiger partial charge in [-0.05, 0) is 48.5 Å². The Balaban J connectivity index is 1.52. The maximum absolute atomic E-state index is 12.4. The number of anilines is 2. The van der Waals surface area contributed by atoms with Gasteiger partial charge in [0.15, 0.2) is 0 Å². The van der Waals surface area contributed by atoms with Crippen LogP contribution in [0, 0.1) is 0 Å². The summed E-state index contributed by atoms with van der Waals surface area (Å²) in [5.74, 6) is 0.771. The molecule has 132 valence electrons. The van der Waals surface area contributed by atoms with Crippen LogP contribution in [0.2, 0.25) is 0 Å². The van der Waals surface area contributed by atoms with Gasteiger partial charge in [0, 0.05) is 12.7 Å². The number of nitrogens with one attached hydrogen (secondary N) is 2. The van der Waals surface area contributed by atoms with Gasteiger partial charge >= 0.3 is 5.69 Å². The molecule has 0 saturated heterocycles. The van der Waals surface area contributed by atoms with Crippen molar-refractivity contribution in [3.63, 3.8) is 0 Å². The van der Waals surface area contributed by atoms with E-state index in [-0.39, 0.29) is 5.69 Å². The predicted octanol–water partition coefficient (Wildman–Crippen LogP) is 3.96. The number of aromatic nitrogens is 4. The van der Waals surface area contributed by atoms with E-state index < -0.39 is 0 Å². The smallest absolute Gasteiger partial charge is 0.324 e. The number of hydrogen-bond donors (Lipinski definition) is 2. The SMILES string of the molecule is CN(c1ccc(-n2c(=O)[nH]c3ccccc32)cc1)c1nc2ccccc2[nH]1. The second-order valence-corrected chi connectivity index (χ2v) is 6.44. The van der Waals surface area contributed by atoms with E-state index in [0.29, 0.717) is 0 Å². The molecule has 2 aromatic heterocycles. The lowest BCUT2D eigenvalue weighted by Gasteiger charge is -2.16. The van der Waals surface area contributed by atoms with Crippen molar-refractivity contribution < 1.29 is 0 Å². The summed E-state index contributed by atoms with van der Waals surface area (Å²) in [6.07, 6.45) is 0. The van der Waals surface area contributed by atoms with E-state index in [2.05, 4.69) is 15.0 Å². The van der Waals surface area contributed by atoms with Crippen molar-refractivity contribution in [3.05, 3.63) is 83.3 Å². The fourth-order valence-corrected chi connectivity index (χ4v) is 3.36. The Bertz CT molecular complexity index is 1280. The lowest BCUT2D eigenvalue weighted by molar-refractivity contribution is 1.01. The van der Waals surface area contributed by atoms with Crippen molar-refractivity contribution >= 4 is 33.7 Å². The topological polar surface area (TPSA) is 69.7 Å². The van der Waals surface area contributed by atoms with Crippen LogP contribution in [-0.4, -0.2) is 26.6 Å². The molecule has 2 heterocycles. The van der Waals surface area contributed by atoms with E-state index in [9.17, 15) is 4.79 Å². The standard InChI is InChI=1S/C21H17N5O/c1-25(20-22-16-6-2-3-7-17(16)23-20)14-10-12-15(13-11-14)26-19-9-5-4-8-18(19)24-21(26)27/h2-13H,1H3,(H,22,23)(H,24,27). The van der Waals surface area contributed by atoms with Crippen LogP contribution in [0.1, 0.15) is 0 Å². The largest absolute Gasteiger partial charge is 0.331 e. The van der Waals surface area contributed by atoms with Crippen LogP contribution in [0.4, 0.5) is 11.6 Å². The Morgan fingerprint density at radius 2 is 1.56 bits per heavy atom. The van der Waals surface area contributed by atoms with Crippen LogP contribution in [-0.2, 0) is 0 Å². The molecule has 0 bridgehead atoms. The van der Waals surface area contributed by atoms with Gasteiger partial charge in [0.2, 0.25) is 5.95 Å². The lowest BCUT2D eigenvalue weighted by atomic mass is 10.2. The molecule has 0 spiro atoms. The van der Waals surface area contributed by atoms with Crippen LogP contribution in [0.5, 0.6) is 0 Å². The first kappa shape index (κ1) is 15.5. The van der Waals surface area contributed by atoms with E-state index in [4.69, 9.17) is 0 Å². The monoisotopic (exact) mass is 355 g/mol. The van der Waals surface area contributed by atoms with Crippen LogP contribution in [0.15, 0.2) is 77.6 Å². The highest BCUT2D eigenvalue weighted by atomic mass is 16.1. The van der Waals surface area contributed by atoms with Crippen LogP contribution >= 0.6 is 0 Å². The fourth-order valence-electron chi connectivity index (χ4n) is 3.36. The van der Waals surface area contributed by atoms with Crippen LogP contribution in [0.3, 0.4) is 0 Å². The first-order valence-corrected chi connectivity index (χ1v) is 8.69. The summed E-state index contributed by atoms with van der Waals surface area (Å²) < 4.78 is 1.68. The average Bonchev–Trinajstić information content (AvgIpc) is 3.27. The number of para-hydroxylation sites is 4. The molecule has 0 aliphatic heterocycles. The molecule has 0 fully saturated rings. The molecule has 0 atom stereocenters. The molecule has 0 aliphatic rings. The maximum Gasteiger partial charge on any atom is 0.331 e. The summed E-state index contributed by atoms with van der Waals surface area (Å²) in [5.41, 5.74) is 5.27.